The molecule has 0 amide bonds. The first-order chi connectivity index (χ1) is 13.2. The molecule has 2 aliphatic heterocycles. The average Bonchev–Trinajstić information content (AvgIpc) is 3.17. The van der Waals surface area contributed by atoms with Gasteiger partial charge in [-0.25, -0.2) is 0 Å². The summed E-state index contributed by atoms with van der Waals surface area (Å²) in [5.74, 6) is 0. The molecule has 2 heterocycles. The third-order valence-corrected chi connectivity index (χ3v) is 11.3. The molecule has 0 spiro atoms. The van der Waals surface area contributed by atoms with Crippen LogP contribution in [0.5, 0.6) is 0 Å². The number of allylic oxidation sites excluding steroid dienone is 2. The summed E-state index contributed by atoms with van der Waals surface area (Å²) in [6, 6.07) is 0. The van der Waals surface area contributed by atoms with Crippen LogP contribution in [0.2, 0.25) is 5.54 Å². The van der Waals surface area contributed by atoms with E-state index in [2.05, 4.69) is 32.9 Å². The summed E-state index contributed by atoms with van der Waals surface area (Å²) in [5.41, 5.74) is 2.14. The van der Waals surface area contributed by atoms with Gasteiger partial charge in [0.05, 0.1) is 12.2 Å². The van der Waals surface area contributed by atoms with Gasteiger partial charge in [-0.1, -0.05) is 82.9 Å². The van der Waals surface area contributed by atoms with E-state index in [-0.39, 0.29) is 0 Å². The van der Waals surface area contributed by atoms with Crippen molar-refractivity contribution >= 4 is 8.56 Å². The van der Waals surface area contributed by atoms with Crippen LogP contribution in [0.25, 0.3) is 0 Å². The summed E-state index contributed by atoms with van der Waals surface area (Å²) in [4.78, 5) is 0. The van der Waals surface area contributed by atoms with Crippen LogP contribution in [-0.2, 0) is 8.85 Å². The van der Waals surface area contributed by atoms with E-state index in [4.69, 9.17) is 8.85 Å². The van der Waals surface area contributed by atoms with Crippen LogP contribution in [0, 0.1) is 0 Å². The number of hydrogen-bond donors (Lipinski definition) is 0. The van der Waals surface area contributed by atoms with Crippen molar-refractivity contribution in [3.8, 4) is 0 Å². The minimum Gasteiger partial charge on any atom is -0.387 e. The summed E-state index contributed by atoms with van der Waals surface area (Å²) in [6.07, 6.45) is 23.6. The molecular formula is C24H42O2Si. The monoisotopic (exact) mass is 390 g/mol. The molecule has 0 aromatic carbocycles. The van der Waals surface area contributed by atoms with E-state index in [9.17, 15) is 0 Å². The van der Waals surface area contributed by atoms with Gasteiger partial charge in [0.25, 0.3) is 0 Å². The fraction of sp³-hybridized carbons (Fsp3) is 0.833. The lowest BCUT2D eigenvalue weighted by molar-refractivity contribution is 0.0652. The van der Waals surface area contributed by atoms with Gasteiger partial charge in [-0.3, -0.25) is 0 Å². The smallest absolute Gasteiger partial charge is 0.376 e. The van der Waals surface area contributed by atoms with Crippen LogP contribution in [-0.4, -0.2) is 20.8 Å². The molecule has 154 valence electrons. The Kier molecular flexibility index (Phi) is 8.22. The summed E-state index contributed by atoms with van der Waals surface area (Å²) in [5, 5.41) is 1.51. The van der Waals surface area contributed by atoms with Gasteiger partial charge in [0.2, 0.25) is 0 Å². The van der Waals surface area contributed by atoms with Gasteiger partial charge < -0.3 is 8.85 Å². The minimum absolute atomic E-state index is 0.374. The number of fused-ring (bicyclic) bond motifs is 1. The summed E-state index contributed by atoms with van der Waals surface area (Å²) in [6.45, 7) is 6.90. The van der Waals surface area contributed by atoms with Gasteiger partial charge in [-0.15, -0.1) is 0 Å². The van der Waals surface area contributed by atoms with Crippen molar-refractivity contribution in [2.75, 3.05) is 0 Å². The van der Waals surface area contributed by atoms with Crippen molar-refractivity contribution in [1.29, 1.82) is 0 Å². The molecule has 3 rings (SSSR count). The Balaban J connectivity index is 1.82. The van der Waals surface area contributed by atoms with Crippen molar-refractivity contribution in [1.82, 2.24) is 0 Å². The van der Waals surface area contributed by atoms with Crippen molar-refractivity contribution in [3.63, 3.8) is 0 Å². The third-order valence-electron chi connectivity index (χ3n) is 6.91. The Bertz CT molecular complexity index is 520. The van der Waals surface area contributed by atoms with E-state index in [1.54, 1.807) is 0 Å². The minimum atomic E-state index is -2.33. The van der Waals surface area contributed by atoms with Gasteiger partial charge >= 0.3 is 8.56 Å². The molecule has 1 fully saturated rings. The van der Waals surface area contributed by atoms with Crippen molar-refractivity contribution in [3.05, 3.63) is 22.9 Å². The lowest BCUT2D eigenvalue weighted by atomic mass is 10.1. The van der Waals surface area contributed by atoms with E-state index < -0.39 is 8.56 Å². The van der Waals surface area contributed by atoms with Gasteiger partial charge in [0.1, 0.15) is 0 Å². The van der Waals surface area contributed by atoms with Gasteiger partial charge in [-0.2, -0.15) is 0 Å². The molecule has 3 aliphatic rings. The first-order valence-corrected chi connectivity index (χ1v) is 13.8. The summed E-state index contributed by atoms with van der Waals surface area (Å²) >= 11 is 0. The first kappa shape index (κ1) is 21.3. The summed E-state index contributed by atoms with van der Waals surface area (Å²) < 4.78 is 14.2. The Morgan fingerprint density at radius 3 is 1.96 bits per heavy atom. The highest BCUT2D eigenvalue weighted by Gasteiger charge is 2.55. The molecule has 3 unspecified atom stereocenters. The molecule has 27 heavy (non-hydrogen) atoms. The largest absolute Gasteiger partial charge is 0.387 e. The SMILES string of the molecule is CCCCCC1CC=C(C)C2=CCC(CCCCC)O[Si]2(C2CCCC2)O1. The van der Waals surface area contributed by atoms with Crippen LogP contribution in [0.15, 0.2) is 22.9 Å². The fourth-order valence-corrected chi connectivity index (χ4v) is 10.1. The Hall–Kier alpha value is -0.383. The third kappa shape index (κ3) is 5.16. The highest BCUT2D eigenvalue weighted by atomic mass is 28.4. The first-order valence-electron chi connectivity index (χ1n) is 11.9. The second kappa shape index (κ2) is 10.4. The van der Waals surface area contributed by atoms with Crippen molar-refractivity contribution < 1.29 is 8.85 Å². The maximum absolute atomic E-state index is 7.14. The van der Waals surface area contributed by atoms with Crippen LogP contribution in [0.1, 0.15) is 111 Å². The Morgan fingerprint density at radius 1 is 0.852 bits per heavy atom. The Morgan fingerprint density at radius 2 is 1.41 bits per heavy atom. The normalized spacial score (nSPS) is 32.0. The average molecular weight is 391 g/mol. The van der Waals surface area contributed by atoms with Gasteiger partial charge in [0, 0.05) is 5.54 Å². The van der Waals surface area contributed by atoms with E-state index in [1.807, 2.05) is 0 Å². The molecule has 3 atom stereocenters. The molecule has 0 saturated heterocycles. The lowest BCUT2D eigenvalue weighted by Crippen LogP contribution is -2.54. The lowest BCUT2D eigenvalue weighted by Gasteiger charge is -2.44. The van der Waals surface area contributed by atoms with Crippen LogP contribution in [0.3, 0.4) is 0 Å². The van der Waals surface area contributed by atoms with Crippen LogP contribution in [0.4, 0.5) is 0 Å². The molecule has 1 saturated carbocycles. The maximum Gasteiger partial charge on any atom is 0.376 e. The van der Waals surface area contributed by atoms with Crippen molar-refractivity contribution in [2.45, 2.75) is 128 Å². The molecule has 2 nitrogen and oxygen atoms in total. The zero-order valence-electron chi connectivity index (χ0n) is 18.1. The van der Waals surface area contributed by atoms with Crippen LogP contribution < -0.4 is 0 Å². The Labute approximate surface area is 169 Å². The summed E-state index contributed by atoms with van der Waals surface area (Å²) in [7, 11) is -2.33. The quantitative estimate of drug-likeness (QED) is 0.299. The second-order valence-electron chi connectivity index (χ2n) is 9.10. The highest BCUT2D eigenvalue weighted by Crippen LogP contribution is 2.49. The molecule has 3 heteroatoms. The predicted molar refractivity (Wildman–Crippen MR) is 117 cm³/mol. The van der Waals surface area contributed by atoms with Gasteiger partial charge in [-0.05, 0) is 50.6 Å². The highest BCUT2D eigenvalue weighted by molar-refractivity contribution is 6.77. The maximum atomic E-state index is 7.14. The molecule has 0 bridgehead atoms. The number of hydrogen-bond acceptors (Lipinski definition) is 2. The van der Waals surface area contributed by atoms with Gasteiger partial charge in [0.15, 0.2) is 0 Å². The molecule has 0 aromatic heterocycles. The molecule has 0 N–H and O–H groups in total. The second-order valence-corrected chi connectivity index (χ2v) is 12.3. The standard InChI is InChI=1S/C24H42O2Si/c1-4-6-8-12-21-17-16-20(3)24-19-18-22(13-9-7-5-2)26-27(24,25-21)23-14-10-11-15-23/h16,19,21-23H,4-15,17-18H2,1-3H3. The fourth-order valence-electron chi connectivity index (χ4n) is 5.31. The molecular weight excluding hydrogens is 348 g/mol. The van der Waals surface area contributed by atoms with E-state index in [0.29, 0.717) is 17.7 Å². The number of unbranched alkanes of at least 4 members (excludes halogenated alkanes) is 4. The zero-order valence-corrected chi connectivity index (χ0v) is 19.1. The molecule has 0 aromatic rings. The predicted octanol–water partition coefficient (Wildman–Crippen LogP) is 7.52. The zero-order chi connectivity index (χ0) is 19.1. The van der Waals surface area contributed by atoms with Crippen molar-refractivity contribution in [2.24, 2.45) is 0 Å². The van der Waals surface area contributed by atoms with E-state index in [1.165, 1.54) is 87.8 Å². The topological polar surface area (TPSA) is 18.5 Å². The molecule has 0 radical (unpaired) electrons. The number of rotatable bonds is 9. The molecule has 1 aliphatic carbocycles. The van der Waals surface area contributed by atoms with E-state index >= 15 is 0 Å². The van der Waals surface area contributed by atoms with Crippen LogP contribution >= 0.6 is 0 Å². The van der Waals surface area contributed by atoms with E-state index in [0.717, 1.165) is 12.8 Å².